The Labute approximate surface area is 317 Å². The summed E-state index contributed by atoms with van der Waals surface area (Å²) in [4.78, 5) is 2.54. The summed E-state index contributed by atoms with van der Waals surface area (Å²) in [5, 5.41) is 0. The average Bonchev–Trinajstić information content (AvgIpc) is 3.24. The Morgan fingerprint density at radius 2 is 0.944 bits per heavy atom. The number of aromatic nitrogens is 2. The van der Waals surface area contributed by atoms with Gasteiger partial charge in [-0.25, -0.2) is 0 Å². The smallest absolute Gasteiger partial charge is 0.213 e. The van der Waals surface area contributed by atoms with Crippen LogP contribution in [0.2, 0.25) is 0 Å². The van der Waals surface area contributed by atoms with Gasteiger partial charge >= 0.3 is 0 Å². The van der Waals surface area contributed by atoms with E-state index in [1.54, 1.807) is 0 Å². The van der Waals surface area contributed by atoms with Gasteiger partial charge in [0.2, 0.25) is 11.4 Å². The van der Waals surface area contributed by atoms with E-state index in [4.69, 9.17) is 6.58 Å². The molecule has 256 valence electrons. The molecule has 0 N–H and O–H groups in total. The Balaban J connectivity index is 1.30. The lowest BCUT2D eigenvalue weighted by Gasteiger charge is -2.34. The van der Waals surface area contributed by atoms with E-state index < -0.39 is 0 Å². The van der Waals surface area contributed by atoms with E-state index in [0.29, 0.717) is 0 Å². The SMILES string of the molecule is C=C1C[n+]2ccccc2-c2cc(-c3ccccc3)cc(N(c3ccc(-c4ccccc4)cc3)c3cc(-c4ccccc4)cc4c3CC[n+]3ccccc3-4)c21. The van der Waals surface area contributed by atoms with E-state index in [1.165, 1.54) is 72.7 Å². The fourth-order valence-corrected chi connectivity index (χ4v) is 8.45. The van der Waals surface area contributed by atoms with Crippen LogP contribution in [-0.4, -0.2) is 0 Å². The summed E-state index contributed by atoms with van der Waals surface area (Å²) in [6.07, 6.45) is 5.31. The van der Waals surface area contributed by atoms with Crippen molar-refractivity contribution >= 4 is 22.6 Å². The van der Waals surface area contributed by atoms with Gasteiger partial charge in [-0.2, -0.15) is 9.13 Å². The Bertz CT molecular complexity index is 2680. The highest BCUT2D eigenvalue weighted by Crippen LogP contribution is 2.49. The summed E-state index contributed by atoms with van der Waals surface area (Å²) in [6, 6.07) is 64.0. The Hall–Kier alpha value is -6.84. The maximum Gasteiger partial charge on any atom is 0.213 e. The highest BCUT2D eigenvalue weighted by Gasteiger charge is 2.34. The molecule has 10 rings (SSSR count). The summed E-state index contributed by atoms with van der Waals surface area (Å²) >= 11 is 0. The van der Waals surface area contributed by atoms with Gasteiger partial charge in [-0.1, -0.05) is 110 Å². The molecule has 54 heavy (non-hydrogen) atoms. The quantitative estimate of drug-likeness (QED) is 0.158. The molecule has 8 aromatic rings. The number of nitrogens with zero attached hydrogens (tertiary/aromatic N) is 3. The zero-order chi connectivity index (χ0) is 36.0. The van der Waals surface area contributed by atoms with E-state index in [9.17, 15) is 0 Å². The molecule has 2 aromatic heterocycles. The number of fused-ring (bicyclic) bond motifs is 6. The molecule has 4 heterocycles. The lowest BCUT2D eigenvalue weighted by atomic mass is 9.87. The van der Waals surface area contributed by atoms with Crippen molar-refractivity contribution in [2.24, 2.45) is 0 Å². The van der Waals surface area contributed by atoms with Crippen molar-refractivity contribution in [3.63, 3.8) is 0 Å². The van der Waals surface area contributed by atoms with Gasteiger partial charge in [-0.05, 0) is 87.5 Å². The second-order valence-corrected chi connectivity index (χ2v) is 14.3. The molecule has 0 saturated heterocycles. The summed E-state index contributed by atoms with van der Waals surface area (Å²) in [5.41, 5.74) is 19.2. The van der Waals surface area contributed by atoms with Crippen molar-refractivity contribution in [2.75, 3.05) is 4.90 Å². The number of pyridine rings is 2. The third-order valence-corrected chi connectivity index (χ3v) is 11.0. The molecule has 0 radical (unpaired) electrons. The van der Waals surface area contributed by atoms with E-state index in [0.717, 1.165) is 36.5 Å². The van der Waals surface area contributed by atoms with Gasteiger partial charge in [0.25, 0.3) is 0 Å². The van der Waals surface area contributed by atoms with Crippen molar-refractivity contribution in [1.29, 1.82) is 0 Å². The monoisotopic (exact) mass is 693 g/mol. The second-order valence-electron chi connectivity index (χ2n) is 14.3. The molecule has 0 unspecified atom stereocenters. The van der Waals surface area contributed by atoms with E-state index >= 15 is 0 Å². The average molecular weight is 694 g/mol. The van der Waals surface area contributed by atoms with Crippen LogP contribution in [0.4, 0.5) is 17.1 Å². The van der Waals surface area contributed by atoms with Crippen molar-refractivity contribution in [3.05, 3.63) is 206 Å². The first kappa shape index (κ1) is 31.9. The summed E-state index contributed by atoms with van der Waals surface area (Å²) in [7, 11) is 0. The predicted octanol–water partition coefficient (Wildman–Crippen LogP) is 11.6. The Kier molecular flexibility index (Phi) is 7.84. The number of allylic oxidation sites excluding steroid dienone is 1. The number of anilines is 3. The van der Waals surface area contributed by atoms with Gasteiger partial charge < -0.3 is 4.90 Å². The van der Waals surface area contributed by atoms with Crippen molar-refractivity contribution < 1.29 is 9.13 Å². The van der Waals surface area contributed by atoms with Crippen molar-refractivity contribution in [1.82, 2.24) is 0 Å². The molecule has 0 amide bonds. The number of hydrogen-bond donors (Lipinski definition) is 0. The fourth-order valence-electron chi connectivity index (χ4n) is 8.45. The van der Waals surface area contributed by atoms with Crippen molar-refractivity contribution in [3.8, 4) is 55.9 Å². The lowest BCUT2D eigenvalue weighted by Crippen LogP contribution is -2.40. The number of rotatable bonds is 6. The molecule has 6 aromatic carbocycles. The van der Waals surface area contributed by atoms with E-state index in [1.807, 2.05) is 0 Å². The Morgan fingerprint density at radius 1 is 0.444 bits per heavy atom. The fraction of sp³-hybridized carbons (Fsp3) is 0.0588. The molecule has 0 fully saturated rings. The van der Waals surface area contributed by atoms with Crippen LogP contribution in [0.15, 0.2) is 195 Å². The van der Waals surface area contributed by atoms with Crippen LogP contribution in [0.3, 0.4) is 0 Å². The van der Waals surface area contributed by atoms with Crippen LogP contribution in [0.25, 0.3) is 61.5 Å². The van der Waals surface area contributed by atoms with Crippen LogP contribution >= 0.6 is 0 Å². The number of hydrogen-bond acceptors (Lipinski definition) is 1. The van der Waals surface area contributed by atoms with Gasteiger partial charge in [-0.3, -0.25) is 0 Å². The van der Waals surface area contributed by atoms with Gasteiger partial charge in [0.1, 0.15) is 0 Å². The largest absolute Gasteiger partial charge is 0.310 e. The van der Waals surface area contributed by atoms with Gasteiger partial charge in [0.05, 0.1) is 22.5 Å². The van der Waals surface area contributed by atoms with Gasteiger partial charge in [-0.15, -0.1) is 0 Å². The summed E-state index contributed by atoms with van der Waals surface area (Å²) < 4.78 is 4.72. The number of aryl methyl sites for hydroxylation is 1. The first-order valence-electron chi connectivity index (χ1n) is 18.8. The summed E-state index contributed by atoms with van der Waals surface area (Å²) in [5.74, 6) is 0. The third kappa shape index (κ3) is 5.53. The lowest BCUT2D eigenvalue weighted by molar-refractivity contribution is -0.687. The zero-order valence-corrected chi connectivity index (χ0v) is 30.1. The van der Waals surface area contributed by atoms with Crippen molar-refractivity contribution in [2.45, 2.75) is 19.5 Å². The first-order chi connectivity index (χ1) is 26.7. The molecule has 2 aliphatic rings. The van der Waals surface area contributed by atoms with Crippen LogP contribution in [-0.2, 0) is 19.5 Å². The summed E-state index contributed by atoms with van der Waals surface area (Å²) in [6.45, 7) is 6.42. The molecular weight excluding hydrogens is 655 g/mol. The minimum absolute atomic E-state index is 0.730. The molecule has 3 heteroatoms. The van der Waals surface area contributed by atoms with Crippen LogP contribution in [0.5, 0.6) is 0 Å². The first-order valence-corrected chi connectivity index (χ1v) is 18.8. The molecule has 3 nitrogen and oxygen atoms in total. The van der Waals surface area contributed by atoms with Gasteiger partial charge in [0.15, 0.2) is 25.5 Å². The third-order valence-electron chi connectivity index (χ3n) is 11.0. The molecule has 0 aliphatic carbocycles. The molecule has 2 aliphatic heterocycles. The normalized spacial score (nSPS) is 12.6. The highest BCUT2D eigenvalue weighted by atomic mass is 15.2. The minimum atomic E-state index is 0.730. The minimum Gasteiger partial charge on any atom is -0.310 e. The van der Waals surface area contributed by atoms with Gasteiger partial charge in [0, 0.05) is 47.5 Å². The maximum absolute atomic E-state index is 4.77. The van der Waals surface area contributed by atoms with Crippen LogP contribution in [0, 0.1) is 0 Å². The molecular formula is C51H39N3+2. The van der Waals surface area contributed by atoms with E-state index in [2.05, 4.69) is 202 Å². The standard InChI is InChI=1S/C51H39N3/c1-36-35-53-29-14-12-22-48(53)46-32-42(39-19-9-4-10-20-39)34-50(51(36)46)54(43-25-23-40(24-26-43)37-15-5-2-6-16-37)49-33-41(38-17-7-3-8-18-38)31-45-44(49)27-30-52-28-13-11-21-47(45)52/h2-26,28-29,31-34H,1,27,30,35H2/q+2. The molecule has 0 atom stereocenters. The number of benzene rings is 6. The molecule has 0 bridgehead atoms. The Morgan fingerprint density at radius 3 is 1.57 bits per heavy atom. The molecule has 0 spiro atoms. The topological polar surface area (TPSA) is 11.0 Å². The second kappa shape index (κ2) is 13.3. The molecule has 0 saturated carbocycles. The van der Waals surface area contributed by atoms with Crippen LogP contribution < -0.4 is 14.0 Å². The zero-order valence-electron chi connectivity index (χ0n) is 30.1. The highest BCUT2D eigenvalue weighted by molar-refractivity contribution is 5.97. The predicted molar refractivity (Wildman–Crippen MR) is 221 cm³/mol. The maximum atomic E-state index is 4.77. The van der Waals surface area contributed by atoms with E-state index in [-0.39, 0.29) is 0 Å². The van der Waals surface area contributed by atoms with Crippen LogP contribution in [0.1, 0.15) is 11.1 Å².